The van der Waals surface area contributed by atoms with Crippen molar-refractivity contribution in [3.8, 4) is 0 Å². The summed E-state index contributed by atoms with van der Waals surface area (Å²) in [5, 5.41) is 20.1. The Bertz CT molecular complexity index is 565. The molecule has 0 fully saturated rings. The van der Waals surface area contributed by atoms with E-state index in [1.165, 1.54) is 12.1 Å². The molecular weight excluding hydrogens is 279 g/mol. The van der Waals surface area contributed by atoms with Crippen LogP contribution < -0.4 is 0 Å². The SMILES string of the molecule is OCC(CO)(Cc1cccc(F)c1)c1ccc(Cl)cc1. The summed E-state index contributed by atoms with van der Waals surface area (Å²) in [5.74, 6) is -0.330. The third-order valence-electron chi connectivity index (χ3n) is 3.49. The second-order valence-corrected chi connectivity index (χ2v) is 5.35. The Labute approximate surface area is 122 Å². The Hall–Kier alpha value is -1.42. The molecule has 2 nitrogen and oxygen atoms in total. The van der Waals surface area contributed by atoms with Crippen molar-refractivity contribution in [3.63, 3.8) is 0 Å². The number of hydrogen-bond donors (Lipinski definition) is 2. The maximum absolute atomic E-state index is 13.3. The van der Waals surface area contributed by atoms with E-state index in [0.717, 1.165) is 11.1 Å². The van der Waals surface area contributed by atoms with E-state index in [0.29, 0.717) is 11.4 Å². The number of rotatable bonds is 5. The smallest absolute Gasteiger partial charge is 0.123 e. The van der Waals surface area contributed by atoms with Gasteiger partial charge in [-0.05, 0) is 41.8 Å². The van der Waals surface area contributed by atoms with Gasteiger partial charge in [-0.3, -0.25) is 0 Å². The maximum atomic E-state index is 13.3. The van der Waals surface area contributed by atoms with Gasteiger partial charge in [0.15, 0.2) is 0 Å². The number of hydrogen-bond acceptors (Lipinski definition) is 2. The summed E-state index contributed by atoms with van der Waals surface area (Å²) >= 11 is 5.85. The summed E-state index contributed by atoms with van der Waals surface area (Å²) in [7, 11) is 0. The quantitative estimate of drug-likeness (QED) is 0.890. The lowest BCUT2D eigenvalue weighted by Crippen LogP contribution is -2.37. The van der Waals surface area contributed by atoms with Crippen LogP contribution in [0.15, 0.2) is 48.5 Å². The largest absolute Gasteiger partial charge is 0.395 e. The summed E-state index contributed by atoms with van der Waals surface area (Å²) in [6.07, 6.45) is 0.347. The summed E-state index contributed by atoms with van der Waals surface area (Å²) in [6.45, 7) is -0.469. The minimum Gasteiger partial charge on any atom is -0.395 e. The molecule has 0 saturated heterocycles. The maximum Gasteiger partial charge on any atom is 0.123 e. The molecule has 0 aromatic heterocycles. The minimum absolute atomic E-state index is 0.234. The third-order valence-corrected chi connectivity index (χ3v) is 3.75. The Kier molecular flexibility index (Phi) is 4.76. The fraction of sp³-hybridized carbons (Fsp3) is 0.250. The fourth-order valence-electron chi connectivity index (χ4n) is 2.29. The number of aliphatic hydroxyl groups is 2. The van der Waals surface area contributed by atoms with Crippen LogP contribution in [0.1, 0.15) is 11.1 Å². The molecule has 2 aromatic carbocycles. The van der Waals surface area contributed by atoms with Gasteiger partial charge in [0.05, 0.1) is 13.2 Å². The van der Waals surface area contributed by atoms with Gasteiger partial charge in [-0.15, -0.1) is 0 Å². The Balaban J connectivity index is 2.36. The van der Waals surface area contributed by atoms with Crippen molar-refractivity contribution in [2.75, 3.05) is 13.2 Å². The lowest BCUT2D eigenvalue weighted by atomic mass is 9.77. The molecule has 2 aromatic rings. The van der Waals surface area contributed by atoms with E-state index in [1.54, 1.807) is 36.4 Å². The average Bonchev–Trinajstić information content (AvgIpc) is 2.46. The Morgan fingerprint density at radius 3 is 2.20 bits per heavy atom. The first-order valence-corrected chi connectivity index (χ1v) is 6.70. The normalized spacial score (nSPS) is 11.6. The van der Waals surface area contributed by atoms with Gasteiger partial charge in [0, 0.05) is 10.4 Å². The van der Waals surface area contributed by atoms with Gasteiger partial charge in [-0.25, -0.2) is 4.39 Å². The van der Waals surface area contributed by atoms with Crippen molar-refractivity contribution in [2.45, 2.75) is 11.8 Å². The molecule has 2 rings (SSSR count). The van der Waals surface area contributed by atoms with Gasteiger partial charge in [0.2, 0.25) is 0 Å². The lowest BCUT2D eigenvalue weighted by Gasteiger charge is -2.30. The summed E-state index contributed by atoms with van der Waals surface area (Å²) in [6, 6.07) is 13.1. The molecule has 2 N–H and O–H groups in total. The van der Waals surface area contributed by atoms with Crippen LogP contribution in [0.3, 0.4) is 0 Å². The van der Waals surface area contributed by atoms with Crippen molar-refractivity contribution < 1.29 is 14.6 Å². The zero-order chi connectivity index (χ0) is 14.6. The molecule has 0 unspecified atom stereocenters. The van der Waals surface area contributed by atoms with Crippen LogP contribution in [0.2, 0.25) is 5.02 Å². The van der Waals surface area contributed by atoms with Crippen LogP contribution in [0.5, 0.6) is 0 Å². The molecule has 0 atom stereocenters. The van der Waals surface area contributed by atoms with Gasteiger partial charge >= 0.3 is 0 Å². The summed E-state index contributed by atoms with van der Waals surface area (Å²) in [4.78, 5) is 0. The molecule has 0 radical (unpaired) electrons. The summed E-state index contributed by atoms with van der Waals surface area (Å²) < 4.78 is 13.3. The van der Waals surface area contributed by atoms with E-state index in [9.17, 15) is 14.6 Å². The molecule has 0 aliphatic heterocycles. The second kappa shape index (κ2) is 6.35. The molecule has 0 saturated carbocycles. The molecule has 4 heteroatoms. The predicted octanol–water partition coefficient (Wildman–Crippen LogP) is 2.94. The Morgan fingerprint density at radius 2 is 1.65 bits per heavy atom. The standard InChI is InChI=1S/C16H16ClFO2/c17-14-6-4-13(5-7-14)16(10-19,11-20)9-12-2-1-3-15(18)8-12/h1-8,19-20H,9-11H2. The van der Waals surface area contributed by atoms with Crippen LogP contribution in [0.4, 0.5) is 4.39 Å². The Morgan fingerprint density at radius 1 is 1.00 bits per heavy atom. The first kappa shape index (κ1) is 15.0. The van der Waals surface area contributed by atoms with E-state index >= 15 is 0 Å². The molecule has 0 aliphatic carbocycles. The van der Waals surface area contributed by atoms with Crippen LogP contribution in [0.25, 0.3) is 0 Å². The lowest BCUT2D eigenvalue weighted by molar-refractivity contribution is 0.116. The van der Waals surface area contributed by atoms with Crippen molar-refractivity contribution >= 4 is 11.6 Å². The topological polar surface area (TPSA) is 40.5 Å². The highest BCUT2D eigenvalue weighted by molar-refractivity contribution is 6.30. The summed E-state index contributed by atoms with van der Waals surface area (Å²) in [5.41, 5.74) is 0.650. The van der Waals surface area contributed by atoms with E-state index in [2.05, 4.69) is 0 Å². The molecule has 20 heavy (non-hydrogen) atoms. The molecule has 0 heterocycles. The first-order chi connectivity index (χ1) is 9.59. The van der Waals surface area contributed by atoms with Gasteiger partial charge in [0.1, 0.15) is 5.82 Å². The van der Waals surface area contributed by atoms with Crippen LogP contribution in [-0.2, 0) is 11.8 Å². The molecule has 0 bridgehead atoms. The van der Waals surface area contributed by atoms with Gasteiger partial charge in [-0.1, -0.05) is 35.9 Å². The van der Waals surface area contributed by atoms with Gasteiger partial charge in [0.25, 0.3) is 0 Å². The van der Waals surface area contributed by atoms with Crippen molar-refractivity contribution in [1.82, 2.24) is 0 Å². The van der Waals surface area contributed by atoms with Crippen LogP contribution >= 0.6 is 11.6 Å². The highest BCUT2D eigenvalue weighted by Gasteiger charge is 2.31. The highest BCUT2D eigenvalue weighted by Crippen LogP contribution is 2.29. The number of halogens is 2. The zero-order valence-corrected chi connectivity index (χ0v) is 11.6. The monoisotopic (exact) mass is 294 g/mol. The average molecular weight is 295 g/mol. The highest BCUT2D eigenvalue weighted by atomic mass is 35.5. The predicted molar refractivity (Wildman–Crippen MR) is 77.4 cm³/mol. The third kappa shape index (κ3) is 3.18. The van der Waals surface area contributed by atoms with Crippen LogP contribution in [0, 0.1) is 5.82 Å². The van der Waals surface area contributed by atoms with E-state index in [-0.39, 0.29) is 19.0 Å². The van der Waals surface area contributed by atoms with Crippen molar-refractivity contribution in [1.29, 1.82) is 0 Å². The fourth-order valence-corrected chi connectivity index (χ4v) is 2.41. The van der Waals surface area contributed by atoms with E-state index < -0.39 is 5.41 Å². The van der Waals surface area contributed by atoms with Crippen LogP contribution in [-0.4, -0.2) is 23.4 Å². The second-order valence-electron chi connectivity index (χ2n) is 4.91. The zero-order valence-electron chi connectivity index (χ0n) is 10.9. The van der Waals surface area contributed by atoms with Crippen molar-refractivity contribution in [2.24, 2.45) is 0 Å². The molecule has 0 spiro atoms. The van der Waals surface area contributed by atoms with Gasteiger partial charge in [-0.2, -0.15) is 0 Å². The molecule has 0 amide bonds. The minimum atomic E-state index is -0.849. The van der Waals surface area contributed by atoms with E-state index in [4.69, 9.17) is 11.6 Å². The first-order valence-electron chi connectivity index (χ1n) is 6.32. The van der Waals surface area contributed by atoms with E-state index in [1.807, 2.05) is 0 Å². The molecular formula is C16H16ClFO2. The number of aliphatic hydroxyl groups excluding tert-OH is 2. The van der Waals surface area contributed by atoms with Gasteiger partial charge < -0.3 is 10.2 Å². The molecule has 0 aliphatic rings. The molecule has 106 valence electrons. The van der Waals surface area contributed by atoms with Crippen molar-refractivity contribution in [3.05, 3.63) is 70.5 Å². The number of benzene rings is 2.